The molecule has 0 saturated heterocycles. The van der Waals surface area contributed by atoms with Crippen LogP contribution in [0.4, 0.5) is 0 Å². The van der Waals surface area contributed by atoms with E-state index in [2.05, 4.69) is 0 Å². The third-order valence-corrected chi connectivity index (χ3v) is 1.58. The summed E-state index contributed by atoms with van der Waals surface area (Å²) in [6, 6.07) is 0. The number of aliphatic hydroxyl groups excluding tert-OH is 1. The Morgan fingerprint density at radius 1 is 1.64 bits per heavy atom. The van der Waals surface area contributed by atoms with Gasteiger partial charge in [-0.2, -0.15) is 0 Å². The molecule has 11 heavy (non-hydrogen) atoms. The predicted molar refractivity (Wildman–Crippen MR) is 39.9 cm³/mol. The van der Waals surface area contributed by atoms with Crippen molar-refractivity contribution >= 4 is 0 Å². The molecule has 0 aromatic carbocycles. The topological polar surface area (TPSA) is 64.7 Å². The molecule has 1 rings (SSSR count). The van der Waals surface area contributed by atoms with E-state index in [1.54, 1.807) is 12.2 Å². The van der Waals surface area contributed by atoms with Gasteiger partial charge in [0.05, 0.1) is 6.10 Å². The highest BCUT2D eigenvalue weighted by Crippen LogP contribution is 2.12. The smallest absolute Gasteiger partial charge is 0.187 e. The Bertz CT molecular complexity index is 149. The van der Waals surface area contributed by atoms with Crippen LogP contribution in [0.1, 0.15) is 0 Å². The van der Waals surface area contributed by atoms with Gasteiger partial charge in [0.1, 0.15) is 6.10 Å². The van der Waals surface area contributed by atoms with Crippen LogP contribution in [0.25, 0.3) is 0 Å². The monoisotopic (exact) mass is 159 g/mol. The summed E-state index contributed by atoms with van der Waals surface area (Å²) >= 11 is 0. The average molecular weight is 159 g/mol. The van der Waals surface area contributed by atoms with Crippen molar-refractivity contribution in [3.63, 3.8) is 0 Å². The predicted octanol–water partition coefficient (Wildman–Crippen LogP) is -0.767. The molecule has 0 amide bonds. The SMILES string of the molecule is COC1OC(CN)C=CC1O. The van der Waals surface area contributed by atoms with E-state index >= 15 is 0 Å². The first-order valence-corrected chi connectivity index (χ1v) is 3.52. The lowest BCUT2D eigenvalue weighted by Gasteiger charge is -2.27. The zero-order valence-electron chi connectivity index (χ0n) is 6.43. The van der Waals surface area contributed by atoms with Crippen LogP contribution in [0.5, 0.6) is 0 Å². The van der Waals surface area contributed by atoms with Crippen LogP contribution in [-0.4, -0.2) is 37.3 Å². The molecule has 3 atom stereocenters. The van der Waals surface area contributed by atoms with E-state index in [4.69, 9.17) is 15.2 Å². The molecule has 0 fully saturated rings. The van der Waals surface area contributed by atoms with Crippen molar-refractivity contribution in [1.29, 1.82) is 0 Å². The standard InChI is InChI=1S/C7H13NO3/c1-10-7-6(9)3-2-5(4-8)11-7/h2-3,5-7,9H,4,8H2,1H3. The number of hydrogen-bond acceptors (Lipinski definition) is 4. The summed E-state index contributed by atoms with van der Waals surface area (Å²) in [6.45, 7) is 0.406. The number of ether oxygens (including phenoxy) is 2. The van der Waals surface area contributed by atoms with E-state index in [9.17, 15) is 5.11 Å². The first kappa shape index (κ1) is 8.67. The van der Waals surface area contributed by atoms with Crippen molar-refractivity contribution in [2.24, 2.45) is 5.73 Å². The van der Waals surface area contributed by atoms with Gasteiger partial charge >= 0.3 is 0 Å². The quantitative estimate of drug-likeness (QED) is 0.519. The number of hydrogen-bond donors (Lipinski definition) is 2. The average Bonchev–Trinajstić information content (AvgIpc) is 2.05. The summed E-state index contributed by atoms with van der Waals surface area (Å²) in [4.78, 5) is 0. The molecule has 0 aromatic rings. The van der Waals surface area contributed by atoms with Crippen molar-refractivity contribution in [2.75, 3.05) is 13.7 Å². The van der Waals surface area contributed by atoms with Gasteiger partial charge < -0.3 is 20.3 Å². The first-order chi connectivity index (χ1) is 5.27. The Labute approximate surface area is 65.6 Å². The van der Waals surface area contributed by atoms with Gasteiger partial charge in [0.15, 0.2) is 6.29 Å². The second-order valence-corrected chi connectivity index (χ2v) is 2.39. The Kier molecular flexibility index (Phi) is 3.02. The van der Waals surface area contributed by atoms with Crippen LogP contribution in [-0.2, 0) is 9.47 Å². The van der Waals surface area contributed by atoms with Gasteiger partial charge in [-0.3, -0.25) is 0 Å². The normalized spacial score (nSPS) is 37.5. The van der Waals surface area contributed by atoms with Crippen LogP contribution in [0.2, 0.25) is 0 Å². The molecule has 3 unspecified atom stereocenters. The molecule has 1 aliphatic rings. The lowest BCUT2D eigenvalue weighted by Crippen LogP contribution is -2.39. The van der Waals surface area contributed by atoms with Gasteiger partial charge in [-0.1, -0.05) is 12.2 Å². The lowest BCUT2D eigenvalue weighted by molar-refractivity contribution is -0.188. The minimum Gasteiger partial charge on any atom is -0.384 e. The summed E-state index contributed by atoms with van der Waals surface area (Å²) in [7, 11) is 1.49. The number of aliphatic hydroxyl groups is 1. The molecule has 4 heteroatoms. The van der Waals surface area contributed by atoms with Crippen molar-refractivity contribution in [3.8, 4) is 0 Å². The van der Waals surface area contributed by atoms with Crippen LogP contribution >= 0.6 is 0 Å². The zero-order chi connectivity index (χ0) is 8.27. The molecular weight excluding hydrogens is 146 g/mol. The van der Waals surface area contributed by atoms with E-state index < -0.39 is 12.4 Å². The molecule has 0 spiro atoms. The Morgan fingerprint density at radius 3 is 2.91 bits per heavy atom. The van der Waals surface area contributed by atoms with Crippen molar-refractivity contribution < 1.29 is 14.6 Å². The second kappa shape index (κ2) is 3.82. The maximum Gasteiger partial charge on any atom is 0.187 e. The van der Waals surface area contributed by atoms with Crippen LogP contribution in [0, 0.1) is 0 Å². The maximum absolute atomic E-state index is 9.20. The Morgan fingerprint density at radius 2 is 2.36 bits per heavy atom. The molecule has 0 saturated carbocycles. The molecule has 0 radical (unpaired) electrons. The van der Waals surface area contributed by atoms with Crippen LogP contribution in [0.15, 0.2) is 12.2 Å². The van der Waals surface area contributed by atoms with Gasteiger partial charge in [-0.25, -0.2) is 0 Å². The van der Waals surface area contributed by atoms with Crippen molar-refractivity contribution in [3.05, 3.63) is 12.2 Å². The van der Waals surface area contributed by atoms with Gasteiger partial charge in [0.2, 0.25) is 0 Å². The molecule has 64 valence electrons. The molecule has 0 aromatic heterocycles. The Balaban J connectivity index is 2.52. The molecule has 3 N–H and O–H groups in total. The van der Waals surface area contributed by atoms with Gasteiger partial charge in [0.25, 0.3) is 0 Å². The molecule has 1 heterocycles. The van der Waals surface area contributed by atoms with E-state index in [0.717, 1.165) is 0 Å². The molecular formula is C7H13NO3. The van der Waals surface area contributed by atoms with Crippen molar-refractivity contribution in [2.45, 2.75) is 18.5 Å². The Hall–Kier alpha value is -0.420. The fourth-order valence-electron chi connectivity index (χ4n) is 0.956. The minimum absolute atomic E-state index is 0.136. The highest BCUT2D eigenvalue weighted by Gasteiger charge is 2.23. The maximum atomic E-state index is 9.20. The third kappa shape index (κ3) is 2.00. The molecule has 1 aliphatic heterocycles. The molecule has 0 bridgehead atoms. The van der Waals surface area contributed by atoms with E-state index in [0.29, 0.717) is 6.54 Å². The summed E-state index contributed by atoms with van der Waals surface area (Å²) in [5.74, 6) is 0. The number of rotatable bonds is 2. The van der Waals surface area contributed by atoms with E-state index in [1.807, 2.05) is 0 Å². The van der Waals surface area contributed by atoms with Gasteiger partial charge in [-0.15, -0.1) is 0 Å². The molecule has 4 nitrogen and oxygen atoms in total. The number of nitrogens with two attached hydrogens (primary N) is 1. The van der Waals surface area contributed by atoms with Gasteiger partial charge in [-0.05, 0) is 0 Å². The van der Waals surface area contributed by atoms with Crippen molar-refractivity contribution in [1.82, 2.24) is 0 Å². The van der Waals surface area contributed by atoms with Gasteiger partial charge in [0, 0.05) is 13.7 Å². The van der Waals surface area contributed by atoms with E-state index in [-0.39, 0.29) is 6.10 Å². The fraction of sp³-hybridized carbons (Fsp3) is 0.714. The van der Waals surface area contributed by atoms with E-state index in [1.165, 1.54) is 7.11 Å². The largest absolute Gasteiger partial charge is 0.384 e. The molecule has 0 aliphatic carbocycles. The van der Waals surface area contributed by atoms with Crippen LogP contribution in [0.3, 0.4) is 0 Å². The summed E-state index contributed by atoms with van der Waals surface area (Å²) in [5.41, 5.74) is 5.35. The first-order valence-electron chi connectivity index (χ1n) is 3.52. The third-order valence-electron chi connectivity index (χ3n) is 1.58. The number of methoxy groups -OCH3 is 1. The zero-order valence-corrected chi connectivity index (χ0v) is 6.43. The summed E-state index contributed by atoms with van der Waals surface area (Å²) < 4.78 is 10.1. The lowest BCUT2D eigenvalue weighted by atomic mass is 10.2. The fourth-order valence-corrected chi connectivity index (χ4v) is 0.956. The highest BCUT2D eigenvalue weighted by molar-refractivity contribution is 5.00. The summed E-state index contributed by atoms with van der Waals surface area (Å²) in [5, 5.41) is 9.20. The highest BCUT2D eigenvalue weighted by atomic mass is 16.7. The summed E-state index contributed by atoms with van der Waals surface area (Å²) in [6.07, 6.45) is 1.98. The minimum atomic E-state index is -0.678. The van der Waals surface area contributed by atoms with Crippen LogP contribution < -0.4 is 5.73 Å². The second-order valence-electron chi connectivity index (χ2n) is 2.39.